The normalized spacial score (nSPS) is 12.2. The first kappa shape index (κ1) is 12.8. The molecule has 2 aromatic heterocycles. The van der Waals surface area contributed by atoms with E-state index in [0.29, 0.717) is 18.5 Å². The summed E-state index contributed by atoms with van der Waals surface area (Å²) in [6.07, 6.45) is 4.44. The lowest BCUT2D eigenvalue weighted by Gasteiger charge is -2.07. The Kier molecular flexibility index (Phi) is 2.66. The van der Waals surface area contributed by atoms with Gasteiger partial charge in [0.05, 0.1) is 17.8 Å². The Labute approximate surface area is 125 Å². The number of hydrogen-bond acceptors (Lipinski definition) is 3. The van der Waals surface area contributed by atoms with Gasteiger partial charge >= 0.3 is 0 Å². The van der Waals surface area contributed by atoms with Gasteiger partial charge in [-0.1, -0.05) is 18.2 Å². The number of amides is 1. The zero-order valence-corrected chi connectivity index (χ0v) is 12.0. The minimum atomic E-state index is -0.201. The minimum absolute atomic E-state index is 0.0226. The average molecular weight is 294 g/mol. The second kappa shape index (κ2) is 4.56. The maximum atomic E-state index is 12.1. The first-order valence-corrected chi connectivity index (χ1v) is 7.09. The Balaban J connectivity index is 1.93. The molecule has 3 aromatic rings. The fraction of sp³-hybridized carbons (Fsp3) is 0.188. The van der Waals surface area contributed by atoms with E-state index >= 15 is 0 Å². The molecule has 0 saturated heterocycles. The third-order valence-electron chi connectivity index (χ3n) is 4.18. The first-order valence-electron chi connectivity index (χ1n) is 7.09. The van der Waals surface area contributed by atoms with Gasteiger partial charge in [0, 0.05) is 31.4 Å². The van der Waals surface area contributed by atoms with Gasteiger partial charge in [-0.05, 0) is 11.1 Å². The molecule has 6 nitrogen and oxygen atoms in total. The molecular formula is C16H14N4O2. The number of rotatable bonds is 2. The molecule has 0 radical (unpaired) electrons. The molecule has 0 atom stereocenters. The number of hydrogen-bond donors (Lipinski definition) is 2. The van der Waals surface area contributed by atoms with Gasteiger partial charge in [-0.3, -0.25) is 14.0 Å². The van der Waals surface area contributed by atoms with E-state index < -0.39 is 0 Å². The topological polar surface area (TPSA) is 79.3 Å². The zero-order valence-electron chi connectivity index (χ0n) is 12.0. The van der Waals surface area contributed by atoms with Crippen LogP contribution >= 0.6 is 0 Å². The number of aromatic amines is 1. The predicted molar refractivity (Wildman–Crippen MR) is 81.8 cm³/mol. The molecule has 0 aliphatic heterocycles. The van der Waals surface area contributed by atoms with E-state index in [9.17, 15) is 9.59 Å². The minimum Gasteiger partial charge on any atom is -0.359 e. The van der Waals surface area contributed by atoms with Crippen molar-refractivity contribution in [3.8, 4) is 11.3 Å². The Morgan fingerprint density at radius 1 is 1.45 bits per heavy atom. The highest BCUT2D eigenvalue weighted by molar-refractivity contribution is 5.81. The van der Waals surface area contributed by atoms with Crippen molar-refractivity contribution in [2.24, 2.45) is 0 Å². The summed E-state index contributed by atoms with van der Waals surface area (Å²) in [5.74, 6) is -0.0226. The van der Waals surface area contributed by atoms with Gasteiger partial charge in [0.1, 0.15) is 0 Å². The number of nitrogens with zero attached hydrogens (tertiary/aromatic N) is 2. The molecule has 2 heterocycles. The van der Waals surface area contributed by atoms with Gasteiger partial charge < -0.3 is 10.3 Å². The summed E-state index contributed by atoms with van der Waals surface area (Å²) in [6, 6.07) is 5.86. The molecule has 0 bridgehead atoms. The van der Waals surface area contributed by atoms with Gasteiger partial charge in [-0.2, -0.15) is 0 Å². The summed E-state index contributed by atoms with van der Waals surface area (Å²) in [7, 11) is 1.63. The van der Waals surface area contributed by atoms with Crippen LogP contribution in [0.3, 0.4) is 0 Å². The third-order valence-corrected chi connectivity index (χ3v) is 4.18. The number of fused-ring (bicyclic) bond motifs is 5. The van der Waals surface area contributed by atoms with E-state index in [2.05, 4.69) is 15.3 Å². The molecule has 0 saturated carbocycles. The van der Waals surface area contributed by atoms with Crippen molar-refractivity contribution in [2.75, 3.05) is 7.05 Å². The van der Waals surface area contributed by atoms with Gasteiger partial charge in [-0.25, -0.2) is 4.98 Å². The van der Waals surface area contributed by atoms with Crippen LogP contribution in [0, 0.1) is 0 Å². The number of imidazole rings is 1. The van der Waals surface area contributed by atoms with Crippen molar-refractivity contribution in [1.29, 1.82) is 0 Å². The molecule has 0 spiro atoms. The largest absolute Gasteiger partial charge is 0.359 e. The van der Waals surface area contributed by atoms with Gasteiger partial charge in [0.25, 0.3) is 5.56 Å². The highest BCUT2D eigenvalue weighted by Crippen LogP contribution is 2.36. The molecule has 2 N–H and O–H groups in total. The van der Waals surface area contributed by atoms with Crippen molar-refractivity contribution < 1.29 is 4.79 Å². The number of carbonyl (C=O) groups excluding carboxylic acids is 1. The van der Waals surface area contributed by atoms with Crippen LogP contribution in [-0.2, 0) is 17.6 Å². The number of benzene rings is 1. The van der Waals surface area contributed by atoms with Crippen molar-refractivity contribution in [3.63, 3.8) is 0 Å². The van der Waals surface area contributed by atoms with Gasteiger partial charge in [0.2, 0.25) is 11.6 Å². The quantitative estimate of drug-likeness (QED) is 0.576. The van der Waals surface area contributed by atoms with E-state index in [4.69, 9.17) is 0 Å². The average Bonchev–Trinajstić information content (AvgIpc) is 3.13. The van der Waals surface area contributed by atoms with Crippen molar-refractivity contribution in [1.82, 2.24) is 19.7 Å². The highest BCUT2D eigenvalue weighted by atomic mass is 16.1. The lowest BCUT2D eigenvalue weighted by molar-refractivity contribution is -0.119. The van der Waals surface area contributed by atoms with Crippen LogP contribution in [0.4, 0.5) is 0 Å². The highest BCUT2D eigenvalue weighted by Gasteiger charge is 2.25. The summed E-state index contributed by atoms with van der Waals surface area (Å²) in [5.41, 5.74) is 5.10. The zero-order chi connectivity index (χ0) is 15.3. The van der Waals surface area contributed by atoms with Crippen LogP contribution in [0.2, 0.25) is 0 Å². The fourth-order valence-corrected chi connectivity index (χ4v) is 3.12. The molecule has 22 heavy (non-hydrogen) atoms. The van der Waals surface area contributed by atoms with Crippen LogP contribution in [0.1, 0.15) is 16.8 Å². The van der Waals surface area contributed by atoms with Crippen molar-refractivity contribution in [3.05, 3.63) is 57.8 Å². The van der Waals surface area contributed by atoms with Crippen LogP contribution in [-0.4, -0.2) is 27.3 Å². The molecule has 1 amide bonds. The molecular weight excluding hydrogens is 280 g/mol. The maximum Gasteiger partial charge on any atom is 0.292 e. The second-order valence-corrected chi connectivity index (χ2v) is 5.37. The number of H-pyrrole nitrogens is 1. The molecule has 0 unspecified atom stereocenters. The van der Waals surface area contributed by atoms with E-state index in [-0.39, 0.29) is 11.5 Å². The number of likely N-dealkylation sites (N-methyl/N-ethyl adjacent to an activating group) is 1. The number of nitrogens with one attached hydrogen (secondary N) is 2. The Hall–Kier alpha value is -2.89. The standard InChI is InChI=1S/C16H14N4O2/c1-17-13(21)7-9-3-2-4-10-11(9)8-12-14(10)19-16(22)15-18-5-6-20(12)15/h2-6H,7-8H2,1H3,(H,17,21)(H,19,22). The lowest BCUT2D eigenvalue weighted by atomic mass is 10.00. The van der Waals surface area contributed by atoms with Crippen LogP contribution in [0.5, 0.6) is 0 Å². The predicted octanol–water partition coefficient (Wildman–Crippen LogP) is 0.882. The number of aromatic nitrogens is 3. The summed E-state index contributed by atoms with van der Waals surface area (Å²) in [5, 5.41) is 2.65. The molecule has 1 aliphatic rings. The van der Waals surface area contributed by atoms with Crippen LogP contribution in [0.15, 0.2) is 35.4 Å². The molecule has 110 valence electrons. The van der Waals surface area contributed by atoms with Crippen molar-refractivity contribution >= 4 is 11.6 Å². The summed E-state index contributed by atoms with van der Waals surface area (Å²) < 4.78 is 1.83. The SMILES string of the molecule is CNC(=O)Cc1cccc2c1Cc1c-2[nH]c(=O)c2nccn12. The van der Waals surface area contributed by atoms with Crippen LogP contribution < -0.4 is 10.9 Å². The molecule has 1 aromatic carbocycles. The molecule has 1 aliphatic carbocycles. The Morgan fingerprint density at radius 3 is 3.14 bits per heavy atom. The monoisotopic (exact) mass is 294 g/mol. The van der Waals surface area contributed by atoms with E-state index in [0.717, 1.165) is 28.1 Å². The van der Waals surface area contributed by atoms with E-state index in [1.165, 1.54) is 0 Å². The Morgan fingerprint density at radius 2 is 2.32 bits per heavy atom. The van der Waals surface area contributed by atoms with Crippen LogP contribution in [0.25, 0.3) is 16.9 Å². The van der Waals surface area contributed by atoms with Gasteiger partial charge in [-0.15, -0.1) is 0 Å². The summed E-state index contributed by atoms with van der Waals surface area (Å²) in [6.45, 7) is 0. The smallest absolute Gasteiger partial charge is 0.292 e. The van der Waals surface area contributed by atoms with E-state index in [1.54, 1.807) is 19.4 Å². The van der Waals surface area contributed by atoms with Crippen molar-refractivity contribution in [2.45, 2.75) is 12.8 Å². The third kappa shape index (κ3) is 1.70. The molecule has 4 rings (SSSR count). The van der Waals surface area contributed by atoms with Gasteiger partial charge in [0.15, 0.2) is 0 Å². The Bertz CT molecular complexity index is 968. The second-order valence-electron chi connectivity index (χ2n) is 5.37. The maximum absolute atomic E-state index is 12.1. The summed E-state index contributed by atoms with van der Waals surface area (Å²) in [4.78, 5) is 30.8. The molecule has 0 fully saturated rings. The first-order chi connectivity index (χ1) is 10.7. The molecule has 6 heteroatoms. The van der Waals surface area contributed by atoms with E-state index in [1.807, 2.05) is 22.6 Å². The number of carbonyl (C=O) groups is 1. The summed E-state index contributed by atoms with van der Waals surface area (Å²) >= 11 is 0. The lowest BCUT2D eigenvalue weighted by Crippen LogP contribution is -2.20. The fourth-order valence-electron chi connectivity index (χ4n) is 3.12.